The van der Waals surface area contributed by atoms with E-state index in [4.69, 9.17) is 4.98 Å². The van der Waals surface area contributed by atoms with Crippen LogP contribution in [0.4, 0.5) is 0 Å². The van der Waals surface area contributed by atoms with Crippen LogP contribution in [0.15, 0.2) is 24.7 Å². The summed E-state index contributed by atoms with van der Waals surface area (Å²) in [5.74, 6) is 1.71. The molecule has 0 unspecified atom stereocenters. The summed E-state index contributed by atoms with van der Waals surface area (Å²) >= 11 is 0. The van der Waals surface area contributed by atoms with Gasteiger partial charge in [-0.2, -0.15) is 5.10 Å². The maximum absolute atomic E-state index is 4.70. The van der Waals surface area contributed by atoms with E-state index in [0.29, 0.717) is 5.92 Å². The maximum Gasteiger partial charge on any atom is 0.159 e. The molecule has 1 aliphatic heterocycles. The lowest BCUT2D eigenvalue weighted by Crippen LogP contribution is -2.34. The van der Waals surface area contributed by atoms with Crippen LogP contribution in [-0.4, -0.2) is 42.1 Å². The van der Waals surface area contributed by atoms with E-state index in [2.05, 4.69) is 39.6 Å². The standard InChI is InChI=1S/C18H24N6/c1-13-9-14(2)24-18(21-13)16(10-20-24)12-23-7-4-5-15(11-23)17-19-6-8-22(17)3/h6,8-10,15H,4-5,7,11-12H2,1-3H3/t15-/m1/s1. The Bertz CT molecular complexity index is 862. The molecular formula is C18H24N6. The fraction of sp³-hybridized carbons (Fsp3) is 0.500. The predicted octanol–water partition coefficient (Wildman–Crippen LogP) is 2.46. The summed E-state index contributed by atoms with van der Waals surface area (Å²) in [6.07, 6.45) is 8.33. The van der Waals surface area contributed by atoms with Crippen molar-refractivity contribution in [3.8, 4) is 0 Å². The van der Waals surface area contributed by atoms with Gasteiger partial charge in [-0.25, -0.2) is 14.5 Å². The number of nitrogens with zero attached hydrogens (tertiary/aromatic N) is 6. The van der Waals surface area contributed by atoms with Crippen molar-refractivity contribution in [3.05, 3.63) is 47.4 Å². The van der Waals surface area contributed by atoms with E-state index in [1.807, 2.05) is 30.0 Å². The van der Waals surface area contributed by atoms with Crippen molar-refractivity contribution < 1.29 is 0 Å². The van der Waals surface area contributed by atoms with Crippen LogP contribution in [0.5, 0.6) is 0 Å². The van der Waals surface area contributed by atoms with Gasteiger partial charge < -0.3 is 4.57 Å². The minimum absolute atomic E-state index is 0.511. The molecule has 0 amide bonds. The molecule has 0 radical (unpaired) electrons. The average Bonchev–Trinajstić information content (AvgIpc) is 3.15. The lowest BCUT2D eigenvalue weighted by atomic mass is 9.97. The minimum atomic E-state index is 0.511. The Morgan fingerprint density at radius 2 is 2.17 bits per heavy atom. The van der Waals surface area contributed by atoms with Crippen molar-refractivity contribution in [3.63, 3.8) is 0 Å². The number of aryl methyl sites for hydroxylation is 3. The molecule has 0 aromatic carbocycles. The van der Waals surface area contributed by atoms with E-state index in [0.717, 1.165) is 36.7 Å². The second-order valence-corrected chi connectivity index (χ2v) is 6.91. The Balaban J connectivity index is 1.56. The van der Waals surface area contributed by atoms with Gasteiger partial charge >= 0.3 is 0 Å². The number of piperidine rings is 1. The zero-order valence-electron chi connectivity index (χ0n) is 14.6. The molecule has 6 heteroatoms. The zero-order chi connectivity index (χ0) is 16.7. The molecule has 0 N–H and O–H groups in total. The van der Waals surface area contributed by atoms with Gasteiger partial charge in [0.1, 0.15) is 5.82 Å². The van der Waals surface area contributed by atoms with Crippen molar-refractivity contribution in [2.75, 3.05) is 13.1 Å². The average molecular weight is 324 g/mol. The molecule has 126 valence electrons. The van der Waals surface area contributed by atoms with Crippen molar-refractivity contribution in [2.45, 2.75) is 39.2 Å². The van der Waals surface area contributed by atoms with Gasteiger partial charge in [0.15, 0.2) is 5.65 Å². The molecule has 3 aromatic rings. The third-order valence-electron chi connectivity index (χ3n) is 4.97. The van der Waals surface area contributed by atoms with Crippen LogP contribution in [0, 0.1) is 13.8 Å². The summed E-state index contributed by atoms with van der Waals surface area (Å²) in [4.78, 5) is 11.8. The van der Waals surface area contributed by atoms with Crippen LogP contribution in [0.1, 0.15) is 41.5 Å². The van der Waals surface area contributed by atoms with Gasteiger partial charge in [0.2, 0.25) is 0 Å². The third-order valence-corrected chi connectivity index (χ3v) is 4.97. The third kappa shape index (κ3) is 2.71. The summed E-state index contributed by atoms with van der Waals surface area (Å²) < 4.78 is 4.10. The van der Waals surface area contributed by atoms with E-state index < -0.39 is 0 Å². The maximum atomic E-state index is 4.70. The van der Waals surface area contributed by atoms with Gasteiger partial charge in [0.25, 0.3) is 0 Å². The van der Waals surface area contributed by atoms with Crippen molar-refractivity contribution >= 4 is 5.65 Å². The first-order chi connectivity index (χ1) is 11.6. The predicted molar refractivity (Wildman–Crippen MR) is 92.9 cm³/mol. The Hall–Kier alpha value is -2.21. The number of hydrogen-bond acceptors (Lipinski definition) is 4. The van der Waals surface area contributed by atoms with Gasteiger partial charge in [0, 0.05) is 55.4 Å². The number of imidazole rings is 1. The largest absolute Gasteiger partial charge is 0.338 e. The molecular weight excluding hydrogens is 300 g/mol. The Kier molecular flexibility index (Phi) is 3.84. The highest BCUT2D eigenvalue weighted by Crippen LogP contribution is 2.27. The van der Waals surface area contributed by atoms with E-state index >= 15 is 0 Å². The number of likely N-dealkylation sites (tertiary alicyclic amines) is 1. The highest BCUT2D eigenvalue weighted by molar-refractivity contribution is 5.47. The Labute approximate surface area is 142 Å². The van der Waals surface area contributed by atoms with Crippen LogP contribution in [0.2, 0.25) is 0 Å². The summed E-state index contributed by atoms with van der Waals surface area (Å²) in [7, 11) is 2.09. The molecule has 4 rings (SSSR count). The second kappa shape index (κ2) is 6.02. The smallest absolute Gasteiger partial charge is 0.159 e. The van der Waals surface area contributed by atoms with Gasteiger partial charge in [0.05, 0.1) is 6.20 Å². The summed E-state index contributed by atoms with van der Waals surface area (Å²) in [5.41, 5.74) is 4.38. The van der Waals surface area contributed by atoms with Crippen LogP contribution in [0.25, 0.3) is 5.65 Å². The number of hydrogen-bond donors (Lipinski definition) is 0. The quantitative estimate of drug-likeness (QED) is 0.742. The van der Waals surface area contributed by atoms with E-state index in [-0.39, 0.29) is 0 Å². The lowest BCUT2D eigenvalue weighted by molar-refractivity contribution is 0.196. The second-order valence-electron chi connectivity index (χ2n) is 6.91. The van der Waals surface area contributed by atoms with Crippen molar-refractivity contribution in [1.82, 2.24) is 29.0 Å². The molecule has 1 atom stereocenters. The number of fused-ring (bicyclic) bond motifs is 1. The highest BCUT2D eigenvalue weighted by Gasteiger charge is 2.25. The lowest BCUT2D eigenvalue weighted by Gasteiger charge is -2.32. The highest BCUT2D eigenvalue weighted by atomic mass is 15.3. The van der Waals surface area contributed by atoms with Crippen LogP contribution >= 0.6 is 0 Å². The fourth-order valence-corrected chi connectivity index (χ4v) is 3.85. The first kappa shape index (κ1) is 15.3. The molecule has 6 nitrogen and oxygen atoms in total. The normalized spacial score (nSPS) is 19.2. The molecule has 4 heterocycles. The van der Waals surface area contributed by atoms with Gasteiger partial charge in [-0.1, -0.05) is 0 Å². The SMILES string of the molecule is Cc1cc(C)n2ncc(CN3CCC[C@@H](c4nccn4C)C3)c2n1. The van der Waals surface area contributed by atoms with Gasteiger partial charge in [-0.15, -0.1) is 0 Å². The van der Waals surface area contributed by atoms with Crippen LogP contribution in [-0.2, 0) is 13.6 Å². The summed E-state index contributed by atoms with van der Waals surface area (Å²) in [6, 6.07) is 2.07. The molecule has 3 aromatic heterocycles. The molecule has 0 bridgehead atoms. The number of rotatable bonds is 3. The summed E-state index contributed by atoms with van der Waals surface area (Å²) in [5, 5.41) is 4.52. The van der Waals surface area contributed by atoms with E-state index in [1.54, 1.807) is 0 Å². The monoisotopic (exact) mass is 324 g/mol. The summed E-state index contributed by atoms with van der Waals surface area (Å²) in [6.45, 7) is 7.20. The van der Waals surface area contributed by atoms with Crippen molar-refractivity contribution in [1.29, 1.82) is 0 Å². The Morgan fingerprint density at radius 1 is 1.29 bits per heavy atom. The first-order valence-corrected chi connectivity index (χ1v) is 8.62. The van der Waals surface area contributed by atoms with E-state index in [9.17, 15) is 0 Å². The zero-order valence-corrected chi connectivity index (χ0v) is 14.6. The number of aromatic nitrogens is 5. The first-order valence-electron chi connectivity index (χ1n) is 8.62. The molecule has 0 saturated carbocycles. The van der Waals surface area contributed by atoms with E-state index in [1.165, 1.54) is 24.2 Å². The fourth-order valence-electron chi connectivity index (χ4n) is 3.85. The van der Waals surface area contributed by atoms with Gasteiger partial charge in [-0.05, 0) is 39.3 Å². The molecule has 0 spiro atoms. The molecule has 24 heavy (non-hydrogen) atoms. The molecule has 0 aliphatic carbocycles. The molecule has 1 aliphatic rings. The van der Waals surface area contributed by atoms with Crippen LogP contribution < -0.4 is 0 Å². The molecule has 1 saturated heterocycles. The molecule has 1 fully saturated rings. The van der Waals surface area contributed by atoms with Crippen molar-refractivity contribution in [2.24, 2.45) is 7.05 Å². The van der Waals surface area contributed by atoms with Gasteiger partial charge in [-0.3, -0.25) is 4.90 Å². The topological polar surface area (TPSA) is 51.2 Å². The Morgan fingerprint density at radius 3 is 2.96 bits per heavy atom. The van der Waals surface area contributed by atoms with Crippen LogP contribution in [0.3, 0.4) is 0 Å². The minimum Gasteiger partial charge on any atom is -0.338 e.